The molecule has 1 heterocycles. The Labute approximate surface area is 226 Å². The maximum Gasteiger partial charge on any atom is 0.286 e. The topological polar surface area (TPSA) is 81.0 Å². The quantitative estimate of drug-likeness (QED) is 0.345. The van der Waals surface area contributed by atoms with Crippen molar-refractivity contribution in [2.75, 3.05) is 28.3 Å². The first kappa shape index (κ1) is 27.3. The van der Waals surface area contributed by atoms with Crippen molar-refractivity contribution in [1.82, 2.24) is 10.2 Å². The minimum absolute atomic E-state index is 0.0532. The van der Waals surface area contributed by atoms with Gasteiger partial charge < -0.3 is 24.1 Å². The fourth-order valence-corrected chi connectivity index (χ4v) is 5.49. The fourth-order valence-electron chi connectivity index (χ4n) is 4.64. The molecule has 0 bridgehead atoms. The van der Waals surface area contributed by atoms with E-state index in [1.807, 2.05) is 25.1 Å². The lowest BCUT2D eigenvalue weighted by molar-refractivity contribution is -0.121. The van der Waals surface area contributed by atoms with Crippen molar-refractivity contribution in [3.63, 3.8) is 0 Å². The van der Waals surface area contributed by atoms with E-state index in [1.165, 1.54) is 17.0 Å². The molecule has 0 saturated carbocycles. The Morgan fingerprint density at radius 1 is 1.13 bits per heavy atom. The number of carbonyl (C=O) groups is 2. The summed E-state index contributed by atoms with van der Waals surface area (Å²) in [5.74, 6) is 0.966. The first-order chi connectivity index (χ1) is 18.2. The van der Waals surface area contributed by atoms with Gasteiger partial charge in [-0.25, -0.2) is 4.39 Å². The number of carbonyl (C=O) groups excluding carboxylic acids is 2. The molecule has 2 aromatic carbocycles. The van der Waals surface area contributed by atoms with Gasteiger partial charge in [-0.05, 0) is 82.3 Å². The minimum Gasteiger partial charge on any atom is -0.495 e. The van der Waals surface area contributed by atoms with Crippen molar-refractivity contribution >= 4 is 34.6 Å². The van der Waals surface area contributed by atoms with Crippen LogP contribution >= 0.6 is 11.8 Å². The van der Waals surface area contributed by atoms with Gasteiger partial charge in [0.15, 0.2) is 0 Å². The summed E-state index contributed by atoms with van der Waals surface area (Å²) in [7, 11) is 6.46. The summed E-state index contributed by atoms with van der Waals surface area (Å²) in [4.78, 5) is 27.2. The number of furan rings is 1. The van der Waals surface area contributed by atoms with E-state index in [9.17, 15) is 14.0 Å². The number of methoxy groups -OCH3 is 2. The van der Waals surface area contributed by atoms with Crippen LogP contribution in [0, 0.1) is 11.7 Å². The van der Waals surface area contributed by atoms with E-state index >= 15 is 0 Å². The molecule has 1 N–H and O–H groups in total. The van der Waals surface area contributed by atoms with Gasteiger partial charge in [0.05, 0.1) is 27.0 Å². The van der Waals surface area contributed by atoms with Crippen LogP contribution in [0.4, 0.5) is 9.18 Å². The standard InChI is InChI=1S/C29H31FN2O5S/c1-17-22(11-18-12-25(35-4)28(26(13-18)36-5)38-29(34)32(2)3)21-9-8-19(30)14-24(21)23(17)15-27(33)31-16-20-7-6-10-37-20/h6-14,17,23H,15-16H2,1-5H3,(H,31,33)/b22-11-. The number of ether oxygens (including phenoxy) is 2. The zero-order chi connectivity index (χ0) is 27.4. The highest BCUT2D eigenvalue weighted by atomic mass is 32.2. The van der Waals surface area contributed by atoms with Gasteiger partial charge in [-0.1, -0.05) is 19.1 Å². The average Bonchev–Trinajstić information content (AvgIpc) is 3.50. The van der Waals surface area contributed by atoms with Crippen LogP contribution in [0.25, 0.3) is 11.6 Å². The van der Waals surface area contributed by atoms with Gasteiger partial charge in [-0.3, -0.25) is 9.59 Å². The Balaban J connectivity index is 1.66. The molecule has 4 rings (SSSR count). The molecule has 1 aliphatic rings. The SMILES string of the molecule is COc1cc(/C=C2\c3ccc(F)cc3C(CC(=O)NCc3ccco3)C2C)cc(OC)c1SC(=O)N(C)C. The Morgan fingerprint density at radius 3 is 2.45 bits per heavy atom. The van der Waals surface area contributed by atoms with Crippen LogP contribution < -0.4 is 14.8 Å². The summed E-state index contributed by atoms with van der Waals surface area (Å²) in [5.41, 5.74) is 3.50. The zero-order valence-electron chi connectivity index (χ0n) is 22.0. The summed E-state index contributed by atoms with van der Waals surface area (Å²) >= 11 is 1.03. The highest BCUT2D eigenvalue weighted by molar-refractivity contribution is 8.13. The van der Waals surface area contributed by atoms with Gasteiger partial charge in [-0.15, -0.1) is 0 Å². The molecule has 0 aliphatic heterocycles. The van der Waals surface area contributed by atoms with E-state index in [2.05, 4.69) is 5.32 Å². The van der Waals surface area contributed by atoms with Crippen LogP contribution in [0.15, 0.2) is 58.0 Å². The van der Waals surface area contributed by atoms with Crippen molar-refractivity contribution in [1.29, 1.82) is 0 Å². The molecule has 3 aromatic rings. The number of fused-ring (bicyclic) bond motifs is 1. The van der Waals surface area contributed by atoms with Crippen LogP contribution in [0.5, 0.6) is 11.5 Å². The van der Waals surface area contributed by atoms with Crippen LogP contribution in [-0.2, 0) is 11.3 Å². The molecular weight excluding hydrogens is 507 g/mol. The number of thioether (sulfide) groups is 1. The molecule has 1 aromatic heterocycles. The number of amides is 2. The van der Waals surface area contributed by atoms with E-state index in [4.69, 9.17) is 13.9 Å². The number of benzene rings is 2. The lowest BCUT2D eigenvalue weighted by Gasteiger charge is -2.18. The van der Waals surface area contributed by atoms with Crippen molar-refractivity contribution in [3.8, 4) is 11.5 Å². The molecule has 2 atom stereocenters. The summed E-state index contributed by atoms with van der Waals surface area (Å²) in [6.07, 6.45) is 3.78. The summed E-state index contributed by atoms with van der Waals surface area (Å²) in [6, 6.07) is 12.0. The van der Waals surface area contributed by atoms with Crippen LogP contribution in [0.2, 0.25) is 0 Å². The maximum absolute atomic E-state index is 14.3. The minimum atomic E-state index is -0.339. The van der Waals surface area contributed by atoms with Crippen molar-refractivity contribution in [2.45, 2.75) is 30.7 Å². The summed E-state index contributed by atoms with van der Waals surface area (Å²) in [5, 5.41) is 2.74. The van der Waals surface area contributed by atoms with E-state index in [-0.39, 0.29) is 35.2 Å². The number of nitrogens with zero attached hydrogens (tertiary/aromatic N) is 1. The molecule has 2 unspecified atom stereocenters. The fraction of sp³-hybridized carbons (Fsp3) is 0.310. The van der Waals surface area contributed by atoms with Crippen molar-refractivity contribution < 1.29 is 27.9 Å². The Kier molecular flexibility index (Phi) is 8.46. The number of rotatable bonds is 8. The average molecular weight is 539 g/mol. The largest absolute Gasteiger partial charge is 0.495 e. The lowest BCUT2D eigenvalue weighted by atomic mass is 9.88. The molecule has 0 saturated heterocycles. The van der Waals surface area contributed by atoms with Crippen molar-refractivity contribution in [3.05, 3.63) is 77.0 Å². The summed E-state index contributed by atoms with van der Waals surface area (Å²) < 4.78 is 30.8. The maximum atomic E-state index is 14.3. The van der Waals surface area contributed by atoms with E-state index < -0.39 is 0 Å². The van der Waals surface area contributed by atoms with Gasteiger partial charge in [0.1, 0.15) is 28.0 Å². The van der Waals surface area contributed by atoms with Gasteiger partial charge in [0.2, 0.25) is 5.91 Å². The first-order valence-corrected chi connectivity index (χ1v) is 13.0. The molecule has 38 heavy (non-hydrogen) atoms. The second-order valence-corrected chi connectivity index (χ2v) is 10.3. The lowest BCUT2D eigenvalue weighted by Crippen LogP contribution is -2.25. The van der Waals surface area contributed by atoms with Crippen LogP contribution in [0.3, 0.4) is 0 Å². The third kappa shape index (κ3) is 5.88. The monoisotopic (exact) mass is 538 g/mol. The van der Waals surface area contributed by atoms with Crippen molar-refractivity contribution in [2.24, 2.45) is 5.92 Å². The number of hydrogen-bond acceptors (Lipinski definition) is 6. The number of allylic oxidation sites excluding steroid dienone is 1. The molecule has 2 amide bonds. The third-order valence-corrected chi connectivity index (χ3v) is 7.77. The van der Waals surface area contributed by atoms with Gasteiger partial charge in [0, 0.05) is 20.5 Å². The predicted octanol–water partition coefficient (Wildman–Crippen LogP) is 6.19. The molecule has 0 radical (unpaired) electrons. The third-order valence-electron chi connectivity index (χ3n) is 6.62. The number of halogens is 1. The molecule has 1 aliphatic carbocycles. The number of hydrogen-bond donors (Lipinski definition) is 1. The Morgan fingerprint density at radius 2 is 1.84 bits per heavy atom. The molecular formula is C29H31FN2O5S. The first-order valence-electron chi connectivity index (χ1n) is 12.2. The number of nitrogens with one attached hydrogen (secondary N) is 1. The predicted molar refractivity (Wildman–Crippen MR) is 146 cm³/mol. The Bertz CT molecular complexity index is 1330. The van der Waals surface area contributed by atoms with Crippen LogP contribution in [-0.4, -0.2) is 44.4 Å². The smallest absolute Gasteiger partial charge is 0.286 e. The van der Waals surface area contributed by atoms with Gasteiger partial charge >= 0.3 is 0 Å². The zero-order valence-corrected chi connectivity index (χ0v) is 22.9. The van der Waals surface area contributed by atoms with E-state index in [0.717, 1.165) is 34.0 Å². The molecule has 7 nitrogen and oxygen atoms in total. The summed E-state index contributed by atoms with van der Waals surface area (Å²) in [6.45, 7) is 2.34. The second-order valence-electron chi connectivity index (χ2n) is 9.30. The molecule has 0 spiro atoms. The van der Waals surface area contributed by atoms with Gasteiger partial charge in [-0.2, -0.15) is 0 Å². The second kappa shape index (κ2) is 11.8. The highest BCUT2D eigenvalue weighted by Gasteiger charge is 2.35. The molecule has 0 fully saturated rings. The molecule has 9 heteroatoms. The normalized spacial score (nSPS) is 17.3. The Hall–Kier alpha value is -3.72. The van der Waals surface area contributed by atoms with E-state index in [0.29, 0.717) is 28.7 Å². The highest BCUT2D eigenvalue weighted by Crippen LogP contribution is 2.49. The van der Waals surface area contributed by atoms with E-state index in [1.54, 1.807) is 52.8 Å². The molecule has 200 valence electrons. The van der Waals surface area contributed by atoms with Crippen LogP contribution in [0.1, 0.15) is 41.7 Å². The van der Waals surface area contributed by atoms with Gasteiger partial charge in [0.25, 0.3) is 5.24 Å².